The Morgan fingerprint density at radius 1 is 1.33 bits per heavy atom. The molecule has 1 aromatic heterocycles. The molecule has 1 unspecified atom stereocenters. The van der Waals surface area contributed by atoms with E-state index in [1.807, 2.05) is 50.2 Å². The molecular formula is C18H18ClN3OS. The highest BCUT2D eigenvalue weighted by atomic mass is 35.5. The molecule has 0 aliphatic carbocycles. The zero-order chi connectivity index (χ0) is 17.1. The molecule has 0 radical (unpaired) electrons. The lowest BCUT2D eigenvalue weighted by molar-refractivity contribution is -0.113. The quantitative estimate of drug-likeness (QED) is 0.677. The van der Waals surface area contributed by atoms with E-state index in [-0.39, 0.29) is 11.2 Å². The Balaban J connectivity index is 1.60. The maximum absolute atomic E-state index is 12.2. The van der Waals surface area contributed by atoms with Crippen molar-refractivity contribution in [2.24, 2.45) is 0 Å². The summed E-state index contributed by atoms with van der Waals surface area (Å²) in [5.41, 5.74) is 3.70. The summed E-state index contributed by atoms with van der Waals surface area (Å²) in [5.74, 6) is 1.19. The van der Waals surface area contributed by atoms with E-state index in [0.29, 0.717) is 10.8 Å². The molecule has 1 heterocycles. The normalized spacial score (nSPS) is 12.3. The molecule has 3 rings (SSSR count). The summed E-state index contributed by atoms with van der Waals surface area (Å²) in [6.45, 7) is 3.98. The van der Waals surface area contributed by atoms with Crippen LogP contribution in [0.4, 0.5) is 5.69 Å². The van der Waals surface area contributed by atoms with Gasteiger partial charge in [-0.25, -0.2) is 4.98 Å². The van der Waals surface area contributed by atoms with Crippen molar-refractivity contribution in [3.05, 3.63) is 58.9 Å². The third-order valence-corrected chi connectivity index (χ3v) is 5.12. The number of para-hydroxylation sites is 2. The van der Waals surface area contributed by atoms with E-state index in [9.17, 15) is 4.79 Å². The minimum absolute atomic E-state index is 0.0478. The van der Waals surface area contributed by atoms with E-state index in [4.69, 9.17) is 11.6 Å². The minimum atomic E-state index is -0.0478. The van der Waals surface area contributed by atoms with Crippen molar-refractivity contribution < 1.29 is 4.79 Å². The highest BCUT2D eigenvalue weighted by molar-refractivity contribution is 8.00. The smallest absolute Gasteiger partial charge is 0.234 e. The van der Waals surface area contributed by atoms with Crippen LogP contribution in [0.15, 0.2) is 42.5 Å². The first-order valence-corrected chi connectivity index (χ1v) is 9.08. The van der Waals surface area contributed by atoms with Crippen LogP contribution in [0.1, 0.15) is 23.6 Å². The average molecular weight is 360 g/mol. The van der Waals surface area contributed by atoms with Crippen LogP contribution in [-0.2, 0) is 4.79 Å². The summed E-state index contributed by atoms with van der Waals surface area (Å²) >= 11 is 7.52. The van der Waals surface area contributed by atoms with Crippen molar-refractivity contribution in [1.29, 1.82) is 0 Å². The predicted molar refractivity (Wildman–Crippen MR) is 102 cm³/mol. The number of anilines is 1. The molecule has 0 bridgehead atoms. The van der Waals surface area contributed by atoms with Gasteiger partial charge >= 0.3 is 0 Å². The number of H-pyrrole nitrogens is 1. The number of nitrogens with zero attached hydrogens (tertiary/aromatic N) is 1. The molecule has 0 fully saturated rings. The number of rotatable bonds is 5. The number of hydrogen-bond acceptors (Lipinski definition) is 3. The van der Waals surface area contributed by atoms with E-state index in [1.54, 1.807) is 17.8 Å². The molecule has 0 spiro atoms. The van der Waals surface area contributed by atoms with Gasteiger partial charge in [-0.3, -0.25) is 4.79 Å². The van der Waals surface area contributed by atoms with Gasteiger partial charge in [0.1, 0.15) is 5.82 Å². The van der Waals surface area contributed by atoms with Crippen molar-refractivity contribution in [1.82, 2.24) is 9.97 Å². The third kappa shape index (κ3) is 3.91. The number of hydrogen-bond donors (Lipinski definition) is 2. The van der Waals surface area contributed by atoms with Crippen LogP contribution in [0.2, 0.25) is 5.02 Å². The largest absolute Gasteiger partial charge is 0.341 e. The van der Waals surface area contributed by atoms with Crippen molar-refractivity contribution in [3.63, 3.8) is 0 Å². The van der Waals surface area contributed by atoms with E-state index in [0.717, 1.165) is 28.1 Å². The molecule has 0 aliphatic heterocycles. The molecule has 0 aliphatic rings. The average Bonchev–Trinajstić information content (AvgIpc) is 3.00. The number of nitrogens with one attached hydrogen (secondary N) is 2. The number of aromatic amines is 1. The molecule has 1 atom stereocenters. The Morgan fingerprint density at radius 2 is 2.12 bits per heavy atom. The van der Waals surface area contributed by atoms with Crippen LogP contribution < -0.4 is 5.32 Å². The fourth-order valence-electron chi connectivity index (χ4n) is 2.36. The molecule has 0 saturated carbocycles. The second kappa shape index (κ2) is 7.28. The van der Waals surface area contributed by atoms with Gasteiger partial charge in [0.05, 0.1) is 22.0 Å². The lowest BCUT2D eigenvalue weighted by Gasteiger charge is -2.11. The molecule has 2 N–H and O–H groups in total. The fourth-order valence-corrected chi connectivity index (χ4v) is 3.28. The van der Waals surface area contributed by atoms with Gasteiger partial charge in [-0.1, -0.05) is 29.8 Å². The Hall–Kier alpha value is -1.98. The molecule has 24 heavy (non-hydrogen) atoms. The predicted octanol–water partition coefficient (Wildman–Crippen LogP) is 4.96. The number of thioether (sulfide) groups is 1. The zero-order valence-electron chi connectivity index (χ0n) is 13.5. The van der Waals surface area contributed by atoms with E-state index < -0.39 is 0 Å². The van der Waals surface area contributed by atoms with E-state index in [1.165, 1.54) is 0 Å². The number of carbonyl (C=O) groups excluding carboxylic acids is 1. The van der Waals surface area contributed by atoms with Gasteiger partial charge in [0.15, 0.2) is 0 Å². The molecule has 0 saturated heterocycles. The molecule has 124 valence electrons. The Kier molecular flexibility index (Phi) is 5.11. The Morgan fingerprint density at radius 3 is 2.92 bits per heavy atom. The van der Waals surface area contributed by atoms with Gasteiger partial charge in [0.25, 0.3) is 0 Å². The first-order chi connectivity index (χ1) is 11.5. The van der Waals surface area contributed by atoms with Gasteiger partial charge in [-0.15, -0.1) is 11.8 Å². The Labute approximate surface area is 150 Å². The molecule has 3 aromatic rings. The number of aromatic nitrogens is 2. The highest BCUT2D eigenvalue weighted by Gasteiger charge is 2.14. The summed E-state index contributed by atoms with van der Waals surface area (Å²) < 4.78 is 0. The van der Waals surface area contributed by atoms with Gasteiger partial charge in [-0.05, 0) is 43.7 Å². The molecule has 1 amide bonds. The maximum atomic E-state index is 12.2. The van der Waals surface area contributed by atoms with E-state index >= 15 is 0 Å². The molecule has 2 aromatic carbocycles. The fraction of sp³-hybridized carbons (Fsp3) is 0.222. The molecule has 6 heteroatoms. The van der Waals surface area contributed by atoms with Crippen LogP contribution in [0, 0.1) is 6.92 Å². The summed E-state index contributed by atoms with van der Waals surface area (Å²) in [5, 5.41) is 3.62. The highest BCUT2D eigenvalue weighted by Crippen LogP contribution is 2.28. The maximum Gasteiger partial charge on any atom is 0.234 e. The lowest BCUT2D eigenvalue weighted by Crippen LogP contribution is -2.15. The third-order valence-electron chi connectivity index (χ3n) is 3.73. The minimum Gasteiger partial charge on any atom is -0.341 e. The van der Waals surface area contributed by atoms with Gasteiger partial charge < -0.3 is 10.3 Å². The summed E-state index contributed by atoms with van der Waals surface area (Å²) in [6, 6.07) is 13.4. The summed E-state index contributed by atoms with van der Waals surface area (Å²) in [6.07, 6.45) is 0. The van der Waals surface area contributed by atoms with Crippen molar-refractivity contribution in [3.8, 4) is 0 Å². The van der Waals surface area contributed by atoms with Crippen LogP contribution in [0.5, 0.6) is 0 Å². The number of halogens is 1. The molecular weight excluding hydrogens is 342 g/mol. The second-order valence-corrected chi connectivity index (χ2v) is 7.37. The van der Waals surface area contributed by atoms with Crippen LogP contribution >= 0.6 is 23.4 Å². The van der Waals surface area contributed by atoms with Gasteiger partial charge in [-0.2, -0.15) is 0 Å². The number of fused-ring (bicyclic) bond motifs is 1. The topological polar surface area (TPSA) is 57.8 Å². The summed E-state index contributed by atoms with van der Waals surface area (Å²) in [7, 11) is 0. The second-order valence-electron chi connectivity index (χ2n) is 5.60. The van der Waals surface area contributed by atoms with Crippen LogP contribution in [-0.4, -0.2) is 21.6 Å². The van der Waals surface area contributed by atoms with Crippen molar-refractivity contribution in [2.75, 3.05) is 11.1 Å². The van der Waals surface area contributed by atoms with Gasteiger partial charge in [0.2, 0.25) is 5.91 Å². The number of imidazole rings is 1. The van der Waals surface area contributed by atoms with Gasteiger partial charge in [0, 0.05) is 10.7 Å². The SMILES string of the molecule is Cc1ccc(Cl)cc1NC(=O)CSC(C)c1nc2ccccc2[nH]1. The standard InChI is InChI=1S/C18H18ClN3OS/c1-11-7-8-13(19)9-16(11)20-17(23)10-24-12(2)18-21-14-5-3-4-6-15(14)22-18/h3-9,12H,10H2,1-2H3,(H,20,23)(H,21,22). The van der Waals surface area contributed by atoms with Crippen molar-refractivity contribution in [2.45, 2.75) is 19.1 Å². The Bertz CT molecular complexity index is 845. The number of amides is 1. The number of benzene rings is 2. The number of carbonyl (C=O) groups is 1. The monoisotopic (exact) mass is 359 g/mol. The lowest BCUT2D eigenvalue weighted by atomic mass is 10.2. The first-order valence-electron chi connectivity index (χ1n) is 7.65. The van der Waals surface area contributed by atoms with Crippen molar-refractivity contribution >= 4 is 46.0 Å². The zero-order valence-corrected chi connectivity index (χ0v) is 15.0. The first kappa shape index (κ1) is 16.9. The van der Waals surface area contributed by atoms with E-state index in [2.05, 4.69) is 15.3 Å². The van der Waals surface area contributed by atoms with Crippen LogP contribution in [0.25, 0.3) is 11.0 Å². The molecule has 4 nitrogen and oxygen atoms in total. The number of aryl methyl sites for hydroxylation is 1. The summed E-state index contributed by atoms with van der Waals surface area (Å²) in [4.78, 5) is 20.1. The van der Waals surface area contributed by atoms with Crippen LogP contribution in [0.3, 0.4) is 0 Å².